The van der Waals surface area contributed by atoms with Gasteiger partial charge in [-0.2, -0.15) is 4.98 Å². The van der Waals surface area contributed by atoms with Crippen molar-refractivity contribution >= 4 is 34.4 Å². The van der Waals surface area contributed by atoms with Crippen LogP contribution >= 0.6 is 11.6 Å². The van der Waals surface area contributed by atoms with Crippen molar-refractivity contribution in [2.75, 3.05) is 18.6 Å². The van der Waals surface area contributed by atoms with E-state index in [9.17, 15) is 9.59 Å². The number of fused-ring (bicyclic) bond motifs is 3. The SMILES string of the molecule is C=CCn1c(=O)c2c(nc3n2CCCN3c2ccc(OC)c(Cl)c2)n(C)c1=O. The molecule has 0 radical (unpaired) electrons. The minimum absolute atomic E-state index is 0.153. The zero-order valence-corrected chi connectivity index (χ0v) is 16.4. The molecular weight excluding hydrogens is 382 g/mol. The van der Waals surface area contributed by atoms with Gasteiger partial charge in [-0.25, -0.2) is 4.79 Å². The highest BCUT2D eigenvalue weighted by Crippen LogP contribution is 2.35. The van der Waals surface area contributed by atoms with Crippen molar-refractivity contribution in [2.45, 2.75) is 19.5 Å². The molecule has 9 heteroatoms. The molecule has 1 aliphatic rings. The fourth-order valence-corrected chi connectivity index (χ4v) is 3.87. The van der Waals surface area contributed by atoms with E-state index in [2.05, 4.69) is 11.6 Å². The van der Waals surface area contributed by atoms with E-state index >= 15 is 0 Å². The van der Waals surface area contributed by atoms with Gasteiger partial charge in [0.2, 0.25) is 5.95 Å². The summed E-state index contributed by atoms with van der Waals surface area (Å²) in [5, 5.41) is 0.494. The van der Waals surface area contributed by atoms with E-state index in [-0.39, 0.29) is 12.1 Å². The van der Waals surface area contributed by atoms with Gasteiger partial charge in [-0.05, 0) is 24.6 Å². The molecule has 0 bridgehead atoms. The van der Waals surface area contributed by atoms with Crippen LogP contribution in [0.4, 0.5) is 11.6 Å². The third-order valence-corrected chi connectivity index (χ3v) is 5.27. The van der Waals surface area contributed by atoms with E-state index in [4.69, 9.17) is 16.3 Å². The van der Waals surface area contributed by atoms with Crippen molar-refractivity contribution in [1.82, 2.24) is 18.7 Å². The second-order valence-corrected chi connectivity index (χ2v) is 7.01. The summed E-state index contributed by atoms with van der Waals surface area (Å²) < 4.78 is 9.68. The quantitative estimate of drug-likeness (QED) is 0.627. The molecule has 4 rings (SSSR count). The maximum atomic E-state index is 13.0. The summed E-state index contributed by atoms with van der Waals surface area (Å²) in [6, 6.07) is 5.51. The van der Waals surface area contributed by atoms with Crippen LogP contribution in [0.5, 0.6) is 5.75 Å². The predicted molar refractivity (Wildman–Crippen MR) is 109 cm³/mol. The number of hydrogen-bond acceptors (Lipinski definition) is 5. The van der Waals surface area contributed by atoms with E-state index in [1.807, 2.05) is 21.6 Å². The van der Waals surface area contributed by atoms with Gasteiger partial charge in [0.1, 0.15) is 5.75 Å². The molecule has 0 atom stereocenters. The Balaban J connectivity index is 1.96. The number of methoxy groups -OCH3 is 1. The summed E-state index contributed by atoms with van der Waals surface area (Å²) in [5.74, 6) is 1.21. The van der Waals surface area contributed by atoms with Crippen LogP contribution in [0.3, 0.4) is 0 Å². The summed E-state index contributed by atoms with van der Waals surface area (Å²) in [7, 11) is 3.19. The first kappa shape index (κ1) is 18.4. The Bertz CT molecular complexity index is 1210. The molecule has 0 unspecified atom stereocenters. The van der Waals surface area contributed by atoms with Gasteiger partial charge < -0.3 is 14.2 Å². The van der Waals surface area contributed by atoms with Crippen molar-refractivity contribution in [3.63, 3.8) is 0 Å². The lowest BCUT2D eigenvalue weighted by Gasteiger charge is -2.29. The molecule has 3 aromatic rings. The van der Waals surface area contributed by atoms with Crippen molar-refractivity contribution in [3.05, 3.63) is 56.7 Å². The van der Waals surface area contributed by atoms with E-state index in [0.717, 1.165) is 18.7 Å². The Morgan fingerprint density at radius 2 is 2.11 bits per heavy atom. The Kier molecular flexibility index (Phi) is 4.50. The fourth-order valence-electron chi connectivity index (χ4n) is 3.62. The van der Waals surface area contributed by atoms with Crippen molar-refractivity contribution < 1.29 is 4.74 Å². The van der Waals surface area contributed by atoms with Gasteiger partial charge >= 0.3 is 5.69 Å². The molecule has 0 aliphatic carbocycles. The molecule has 0 spiro atoms. The van der Waals surface area contributed by atoms with Gasteiger partial charge in [0.15, 0.2) is 11.2 Å². The van der Waals surface area contributed by atoms with Gasteiger partial charge in [-0.15, -0.1) is 6.58 Å². The summed E-state index contributed by atoms with van der Waals surface area (Å²) >= 11 is 6.29. The van der Waals surface area contributed by atoms with Crippen molar-refractivity contribution in [3.8, 4) is 5.75 Å². The fraction of sp³-hybridized carbons (Fsp3) is 0.316. The topological polar surface area (TPSA) is 74.3 Å². The van der Waals surface area contributed by atoms with Crippen LogP contribution < -0.4 is 20.9 Å². The first-order valence-electron chi connectivity index (χ1n) is 8.90. The summed E-state index contributed by atoms with van der Waals surface area (Å²) in [4.78, 5) is 32.2. The first-order chi connectivity index (χ1) is 13.5. The number of imidazole rings is 1. The maximum Gasteiger partial charge on any atom is 0.332 e. The smallest absolute Gasteiger partial charge is 0.332 e. The molecular formula is C19H20ClN5O3. The Hall–Kier alpha value is -3.00. The Labute approximate surface area is 165 Å². The van der Waals surface area contributed by atoms with Gasteiger partial charge in [-0.3, -0.25) is 13.9 Å². The third-order valence-electron chi connectivity index (χ3n) is 4.98. The average molecular weight is 402 g/mol. The predicted octanol–water partition coefficient (Wildman–Crippen LogP) is 2.29. The van der Waals surface area contributed by atoms with Crippen LogP contribution in [0.1, 0.15) is 6.42 Å². The van der Waals surface area contributed by atoms with Crippen LogP contribution in [0.15, 0.2) is 40.4 Å². The number of hydrogen-bond donors (Lipinski definition) is 0. The Morgan fingerprint density at radius 3 is 2.79 bits per heavy atom. The number of nitrogens with zero attached hydrogens (tertiary/aromatic N) is 5. The maximum absolute atomic E-state index is 13.0. The first-order valence-corrected chi connectivity index (χ1v) is 9.27. The summed E-state index contributed by atoms with van der Waals surface area (Å²) in [6.07, 6.45) is 2.36. The van der Waals surface area contributed by atoms with Crippen LogP contribution in [0.25, 0.3) is 11.2 Å². The number of halogens is 1. The molecule has 8 nitrogen and oxygen atoms in total. The van der Waals surface area contributed by atoms with Crippen LogP contribution in [0.2, 0.25) is 5.02 Å². The van der Waals surface area contributed by atoms with Crippen molar-refractivity contribution in [1.29, 1.82) is 0 Å². The zero-order chi connectivity index (χ0) is 20.0. The number of ether oxygens (including phenoxy) is 1. The highest BCUT2D eigenvalue weighted by Gasteiger charge is 2.27. The number of rotatable bonds is 4. The Morgan fingerprint density at radius 1 is 1.32 bits per heavy atom. The number of allylic oxidation sites excluding steroid dienone is 1. The standard InChI is InChI=1S/C19H20ClN5O3/c1-4-8-25-17(26)15-16(22(2)19(25)27)21-18-23(9-5-10-24(15)18)12-6-7-14(28-3)13(20)11-12/h4,6-7,11H,1,5,8-10H2,2-3H3. The zero-order valence-electron chi connectivity index (χ0n) is 15.7. The minimum atomic E-state index is -0.410. The normalized spacial score (nSPS) is 13.6. The van der Waals surface area contributed by atoms with Crippen LogP contribution in [-0.2, 0) is 20.1 Å². The molecule has 0 amide bonds. The monoisotopic (exact) mass is 401 g/mol. The highest BCUT2D eigenvalue weighted by atomic mass is 35.5. The van der Waals surface area contributed by atoms with Crippen molar-refractivity contribution in [2.24, 2.45) is 7.05 Å². The second-order valence-electron chi connectivity index (χ2n) is 6.61. The van der Waals surface area contributed by atoms with E-state index < -0.39 is 5.69 Å². The molecule has 3 heterocycles. The molecule has 1 aromatic carbocycles. The number of anilines is 2. The van der Waals surface area contributed by atoms with E-state index in [1.165, 1.54) is 15.2 Å². The minimum Gasteiger partial charge on any atom is -0.495 e. The summed E-state index contributed by atoms with van der Waals surface area (Å²) in [5.41, 5.74) is 0.872. The van der Waals surface area contributed by atoms with Gasteiger partial charge in [0.05, 0.1) is 12.1 Å². The van der Waals surface area contributed by atoms with Gasteiger partial charge in [0.25, 0.3) is 5.56 Å². The number of benzene rings is 1. The molecule has 2 aromatic heterocycles. The van der Waals surface area contributed by atoms with Crippen LogP contribution in [-0.4, -0.2) is 32.3 Å². The second kappa shape index (κ2) is 6.87. The van der Waals surface area contributed by atoms with E-state index in [1.54, 1.807) is 20.2 Å². The van der Waals surface area contributed by atoms with Gasteiger partial charge in [0, 0.05) is 32.4 Å². The molecule has 28 heavy (non-hydrogen) atoms. The number of aromatic nitrogens is 4. The molecule has 0 saturated carbocycles. The molecule has 0 fully saturated rings. The molecule has 1 aliphatic heterocycles. The van der Waals surface area contributed by atoms with Gasteiger partial charge in [-0.1, -0.05) is 17.7 Å². The number of aryl methyl sites for hydroxylation is 2. The summed E-state index contributed by atoms with van der Waals surface area (Å²) in [6.45, 7) is 5.16. The third kappa shape index (κ3) is 2.63. The largest absolute Gasteiger partial charge is 0.495 e. The molecule has 0 N–H and O–H groups in total. The lowest BCUT2D eigenvalue weighted by Crippen LogP contribution is -2.39. The molecule has 146 valence electrons. The van der Waals surface area contributed by atoms with E-state index in [0.29, 0.717) is 34.4 Å². The lowest BCUT2D eigenvalue weighted by atomic mass is 10.2. The van der Waals surface area contributed by atoms with Crippen LogP contribution in [0, 0.1) is 0 Å². The highest BCUT2D eigenvalue weighted by molar-refractivity contribution is 6.32. The molecule has 0 saturated heterocycles. The average Bonchev–Trinajstić information content (AvgIpc) is 3.09. The lowest BCUT2D eigenvalue weighted by molar-refractivity contribution is 0.415.